The molecule has 96 valence electrons. The number of carbonyl (C=O) groups excluding carboxylic acids is 1. The largest absolute Gasteiger partial charge is 0.466 e. The number of esters is 1. The molecule has 0 unspecified atom stereocenters. The van der Waals surface area contributed by atoms with Crippen molar-refractivity contribution < 1.29 is 14.5 Å². The van der Waals surface area contributed by atoms with Crippen molar-refractivity contribution >= 4 is 17.7 Å². The van der Waals surface area contributed by atoms with E-state index < -0.39 is 4.92 Å². The first-order valence-corrected chi connectivity index (χ1v) is 5.03. The highest BCUT2D eigenvalue weighted by atomic mass is 16.6. The van der Waals surface area contributed by atoms with Crippen LogP contribution in [0.2, 0.25) is 0 Å². The third-order valence-corrected chi connectivity index (χ3v) is 1.87. The van der Waals surface area contributed by atoms with Gasteiger partial charge in [-0.3, -0.25) is 10.1 Å². The number of methoxy groups -OCH3 is 1. The summed E-state index contributed by atoms with van der Waals surface area (Å²) in [7, 11) is 1.33. The van der Waals surface area contributed by atoms with Gasteiger partial charge in [0.15, 0.2) is 0 Å². The summed E-state index contributed by atoms with van der Waals surface area (Å²) in [6.07, 6.45) is 1.64. The lowest BCUT2D eigenvalue weighted by atomic mass is 10.2. The van der Waals surface area contributed by atoms with Gasteiger partial charge in [-0.05, 0) is 24.6 Å². The van der Waals surface area contributed by atoms with Crippen LogP contribution in [0.1, 0.15) is 12.5 Å². The lowest BCUT2D eigenvalue weighted by Gasteiger charge is -1.91. The van der Waals surface area contributed by atoms with Gasteiger partial charge in [-0.15, -0.1) is 0 Å². The highest BCUT2D eigenvalue weighted by Gasteiger charge is 2.01. The molecule has 0 radical (unpaired) electrons. The first-order valence-electron chi connectivity index (χ1n) is 5.03. The van der Waals surface area contributed by atoms with Crippen LogP contribution in [-0.4, -0.2) is 18.0 Å². The minimum Gasteiger partial charge on any atom is -0.466 e. The summed E-state index contributed by atoms with van der Waals surface area (Å²) < 4.78 is 4.27. The fraction of sp³-hybridized carbons (Fsp3) is 0.154. The summed E-state index contributed by atoms with van der Waals surface area (Å²) in [5.41, 5.74) is 1.42. The molecule has 0 N–H and O–H groups in total. The van der Waals surface area contributed by atoms with Crippen molar-refractivity contribution in [2.45, 2.75) is 6.92 Å². The molecule has 0 bridgehead atoms. The third-order valence-electron chi connectivity index (χ3n) is 1.87. The summed E-state index contributed by atoms with van der Waals surface area (Å²) in [6, 6.07) is 6.23. The molecule has 0 atom stereocenters. The van der Waals surface area contributed by atoms with Crippen LogP contribution in [0.25, 0.3) is 6.08 Å². The van der Waals surface area contributed by atoms with Crippen LogP contribution in [0.15, 0.2) is 43.0 Å². The van der Waals surface area contributed by atoms with E-state index in [1.54, 1.807) is 25.1 Å². The van der Waals surface area contributed by atoms with E-state index >= 15 is 0 Å². The number of ether oxygens (including phenoxy) is 1. The van der Waals surface area contributed by atoms with E-state index in [-0.39, 0.29) is 11.7 Å². The normalized spacial score (nSPS) is 8.56. The van der Waals surface area contributed by atoms with Gasteiger partial charge in [-0.25, -0.2) is 4.79 Å². The molecule has 0 amide bonds. The van der Waals surface area contributed by atoms with Crippen molar-refractivity contribution in [3.8, 4) is 0 Å². The molecule has 18 heavy (non-hydrogen) atoms. The van der Waals surface area contributed by atoms with Crippen molar-refractivity contribution in [2.24, 2.45) is 0 Å². The fourth-order valence-electron chi connectivity index (χ4n) is 0.906. The molecule has 1 rings (SSSR count). The molecule has 0 saturated heterocycles. The quantitative estimate of drug-likeness (QED) is 0.357. The van der Waals surface area contributed by atoms with Crippen molar-refractivity contribution in [3.05, 3.63) is 58.7 Å². The lowest BCUT2D eigenvalue weighted by Crippen LogP contribution is -1.98. The number of hydrogen-bond acceptors (Lipinski definition) is 4. The Balaban J connectivity index is 0.000000360. The molecule has 0 aliphatic carbocycles. The summed E-state index contributed by atoms with van der Waals surface area (Å²) >= 11 is 0. The number of hydrogen-bond donors (Lipinski definition) is 0. The van der Waals surface area contributed by atoms with Gasteiger partial charge in [-0.2, -0.15) is 0 Å². The molecule has 0 heterocycles. The smallest absolute Gasteiger partial charge is 0.332 e. The Morgan fingerprint density at radius 2 is 1.89 bits per heavy atom. The molecule has 0 fully saturated rings. The van der Waals surface area contributed by atoms with Gasteiger partial charge in [0.1, 0.15) is 0 Å². The number of non-ortho nitro benzene ring substituents is 1. The third kappa shape index (κ3) is 5.60. The SMILES string of the molecule is C=C(C)C(=O)OC.C=Cc1ccc([N+](=O)[O-])cc1. The van der Waals surface area contributed by atoms with Crippen LogP contribution in [0.3, 0.4) is 0 Å². The van der Waals surface area contributed by atoms with Crippen molar-refractivity contribution in [3.63, 3.8) is 0 Å². The molecule has 0 saturated carbocycles. The van der Waals surface area contributed by atoms with Crippen molar-refractivity contribution in [1.29, 1.82) is 0 Å². The minimum atomic E-state index is -0.424. The van der Waals surface area contributed by atoms with E-state index in [1.165, 1.54) is 19.2 Å². The minimum absolute atomic E-state index is 0.107. The number of carbonyl (C=O) groups is 1. The molecule has 0 aromatic heterocycles. The summed E-state index contributed by atoms with van der Waals surface area (Å²) in [6.45, 7) is 8.49. The molecule has 0 aliphatic heterocycles. The molecule has 5 heteroatoms. The van der Waals surface area contributed by atoms with Crippen LogP contribution in [0.4, 0.5) is 5.69 Å². The first-order chi connectivity index (χ1) is 8.42. The van der Waals surface area contributed by atoms with Crippen LogP contribution >= 0.6 is 0 Å². The van der Waals surface area contributed by atoms with Crippen molar-refractivity contribution in [1.82, 2.24) is 0 Å². The average molecular weight is 249 g/mol. The second-order valence-electron chi connectivity index (χ2n) is 3.32. The van der Waals surface area contributed by atoms with Gasteiger partial charge in [0.25, 0.3) is 5.69 Å². The molecule has 1 aromatic rings. The molecular formula is C13H15NO4. The van der Waals surface area contributed by atoms with Crippen LogP contribution in [-0.2, 0) is 9.53 Å². The zero-order valence-electron chi connectivity index (χ0n) is 10.4. The van der Waals surface area contributed by atoms with Gasteiger partial charge in [0.2, 0.25) is 0 Å². The van der Waals surface area contributed by atoms with Gasteiger partial charge in [0, 0.05) is 17.7 Å². The van der Waals surface area contributed by atoms with E-state index in [4.69, 9.17) is 0 Å². The second-order valence-corrected chi connectivity index (χ2v) is 3.32. The van der Waals surface area contributed by atoms with Gasteiger partial charge >= 0.3 is 5.97 Å². The van der Waals surface area contributed by atoms with Gasteiger partial charge in [-0.1, -0.05) is 19.2 Å². The van der Waals surface area contributed by atoms with Gasteiger partial charge in [0.05, 0.1) is 12.0 Å². The Labute approximate surface area is 106 Å². The van der Waals surface area contributed by atoms with Crippen LogP contribution in [0.5, 0.6) is 0 Å². The number of rotatable bonds is 3. The summed E-state index contributed by atoms with van der Waals surface area (Å²) in [5.74, 6) is -0.347. The average Bonchev–Trinajstić information content (AvgIpc) is 2.38. The van der Waals surface area contributed by atoms with E-state index in [0.29, 0.717) is 5.57 Å². The van der Waals surface area contributed by atoms with E-state index in [0.717, 1.165) is 5.56 Å². The topological polar surface area (TPSA) is 69.4 Å². The standard InChI is InChI=1S/C8H7NO2.C5H8O2/c1-2-7-3-5-8(6-4-7)9(10)11;1-4(2)5(6)7-3/h2-6H,1H2;1H2,2-3H3. The number of nitro groups is 1. The molecule has 0 aliphatic rings. The van der Waals surface area contributed by atoms with Gasteiger partial charge < -0.3 is 4.74 Å². The lowest BCUT2D eigenvalue weighted by molar-refractivity contribution is -0.384. The Hall–Kier alpha value is -2.43. The summed E-state index contributed by atoms with van der Waals surface area (Å²) in [4.78, 5) is 19.9. The van der Waals surface area contributed by atoms with Crippen LogP contribution < -0.4 is 0 Å². The summed E-state index contributed by atoms with van der Waals surface area (Å²) in [5, 5.41) is 10.2. The second kappa shape index (κ2) is 7.78. The Kier molecular flexibility index (Phi) is 6.73. The maximum Gasteiger partial charge on any atom is 0.332 e. The maximum absolute atomic E-state index is 10.2. The fourth-order valence-corrected chi connectivity index (χ4v) is 0.906. The predicted molar refractivity (Wildman–Crippen MR) is 70.0 cm³/mol. The van der Waals surface area contributed by atoms with E-state index in [2.05, 4.69) is 17.9 Å². The maximum atomic E-state index is 10.2. The zero-order chi connectivity index (χ0) is 14.1. The molecular weight excluding hydrogens is 234 g/mol. The van der Waals surface area contributed by atoms with Crippen molar-refractivity contribution in [2.75, 3.05) is 7.11 Å². The highest BCUT2D eigenvalue weighted by Crippen LogP contribution is 2.11. The van der Waals surface area contributed by atoms with Crippen LogP contribution in [0, 0.1) is 10.1 Å². The molecule has 5 nitrogen and oxygen atoms in total. The Morgan fingerprint density at radius 1 is 1.39 bits per heavy atom. The zero-order valence-corrected chi connectivity index (χ0v) is 10.4. The monoisotopic (exact) mass is 249 g/mol. The van der Waals surface area contributed by atoms with E-state index in [9.17, 15) is 14.9 Å². The first kappa shape index (κ1) is 15.6. The predicted octanol–water partition coefficient (Wildman–Crippen LogP) is 2.97. The Morgan fingerprint density at radius 3 is 2.11 bits per heavy atom. The highest BCUT2D eigenvalue weighted by molar-refractivity contribution is 5.86. The number of nitrogens with zero attached hydrogens (tertiary/aromatic N) is 1. The Bertz CT molecular complexity index is 449. The molecule has 0 spiro atoms. The van der Waals surface area contributed by atoms with E-state index in [1.807, 2.05) is 0 Å². The molecule has 1 aromatic carbocycles. The number of nitro benzene ring substituents is 1. The number of benzene rings is 1.